The fourth-order valence-corrected chi connectivity index (χ4v) is 6.39. The summed E-state index contributed by atoms with van der Waals surface area (Å²) in [5, 5.41) is 15.9. The number of carbonyl (C=O) groups is 2. The van der Waals surface area contributed by atoms with E-state index in [0.29, 0.717) is 27.6 Å². The van der Waals surface area contributed by atoms with Crippen molar-refractivity contribution in [3.05, 3.63) is 107 Å². The number of anilines is 1. The number of aromatic nitrogens is 1. The van der Waals surface area contributed by atoms with Gasteiger partial charge in [-0.3, -0.25) is 18.9 Å². The maximum absolute atomic E-state index is 13.8. The van der Waals surface area contributed by atoms with Crippen LogP contribution < -0.4 is 14.9 Å². The SMILES string of the molecule is CNC(=O)c1c(-c2ccc(F)cc2)oc2cc(N(CCO)S(C)(=O)=O)c(-c3cccc(C(=O)NC(C)(C)c4ccnc(C)c4)c3)cc12. The Morgan fingerprint density at radius 1 is 1.00 bits per heavy atom. The highest BCUT2D eigenvalue weighted by molar-refractivity contribution is 7.92. The van der Waals surface area contributed by atoms with Crippen LogP contribution in [-0.2, 0) is 15.6 Å². The minimum atomic E-state index is -3.92. The molecule has 0 unspecified atom stereocenters. The second-order valence-electron chi connectivity index (χ2n) is 11.7. The fraction of sp³-hybridized carbons (Fsp3) is 0.229. The Labute approximate surface area is 272 Å². The van der Waals surface area contributed by atoms with E-state index in [1.807, 2.05) is 32.9 Å². The number of rotatable bonds is 10. The molecule has 5 aromatic rings. The summed E-state index contributed by atoms with van der Waals surface area (Å²) in [5.74, 6) is -1.14. The number of benzene rings is 3. The van der Waals surface area contributed by atoms with Gasteiger partial charge in [-0.2, -0.15) is 0 Å². The standard InChI is InChI=1S/C35H35FN4O6S/c1-21-17-25(13-14-38-21)35(2,3)39-33(42)24-8-6-7-23(18-24)27-19-28-30(20-29(27)40(15-16-41)47(5,44)45)46-32(31(28)34(43)37-4)22-9-11-26(36)12-10-22/h6-14,17-20,41H,15-16H2,1-5H3,(H,37,43)(H,39,42). The van der Waals surface area contributed by atoms with Gasteiger partial charge in [-0.05, 0) is 86.5 Å². The molecule has 3 N–H and O–H groups in total. The Balaban J connectivity index is 1.70. The second kappa shape index (κ2) is 13.0. The molecule has 10 nitrogen and oxygen atoms in total. The minimum Gasteiger partial charge on any atom is -0.455 e. The van der Waals surface area contributed by atoms with E-state index in [9.17, 15) is 27.5 Å². The van der Waals surface area contributed by atoms with Gasteiger partial charge in [-0.1, -0.05) is 12.1 Å². The van der Waals surface area contributed by atoms with Crippen LogP contribution in [0, 0.1) is 12.7 Å². The van der Waals surface area contributed by atoms with E-state index in [1.54, 1.807) is 36.5 Å². The zero-order valence-electron chi connectivity index (χ0n) is 26.6. The number of sulfonamides is 1. The number of furan rings is 1. The number of hydrogen-bond donors (Lipinski definition) is 3. The molecule has 5 rings (SSSR count). The summed E-state index contributed by atoms with van der Waals surface area (Å²) >= 11 is 0. The summed E-state index contributed by atoms with van der Waals surface area (Å²) in [7, 11) is -2.45. The Morgan fingerprint density at radius 3 is 2.36 bits per heavy atom. The maximum atomic E-state index is 13.8. The highest BCUT2D eigenvalue weighted by Gasteiger charge is 2.28. The van der Waals surface area contributed by atoms with E-state index in [-0.39, 0.29) is 35.0 Å². The molecule has 2 aromatic heterocycles. The van der Waals surface area contributed by atoms with Crippen molar-refractivity contribution in [1.29, 1.82) is 0 Å². The summed E-state index contributed by atoms with van der Waals surface area (Å²) in [6.45, 7) is 4.90. The summed E-state index contributed by atoms with van der Waals surface area (Å²) in [6.07, 6.45) is 2.70. The molecule has 0 spiro atoms. The lowest BCUT2D eigenvalue weighted by Gasteiger charge is -2.27. The topological polar surface area (TPSA) is 142 Å². The van der Waals surface area contributed by atoms with Gasteiger partial charge in [0.05, 0.1) is 36.2 Å². The van der Waals surface area contributed by atoms with Crippen LogP contribution in [0.25, 0.3) is 33.4 Å². The fourth-order valence-electron chi connectivity index (χ4n) is 5.47. The van der Waals surface area contributed by atoms with Crippen LogP contribution >= 0.6 is 0 Å². The summed E-state index contributed by atoms with van der Waals surface area (Å²) in [4.78, 5) is 31.1. The van der Waals surface area contributed by atoms with Crippen LogP contribution in [0.15, 0.2) is 83.4 Å². The molecule has 0 atom stereocenters. The van der Waals surface area contributed by atoms with Crippen molar-refractivity contribution in [2.24, 2.45) is 0 Å². The van der Waals surface area contributed by atoms with Gasteiger partial charge in [0.15, 0.2) is 0 Å². The van der Waals surface area contributed by atoms with Crippen molar-refractivity contribution in [3.63, 3.8) is 0 Å². The number of aliphatic hydroxyl groups is 1. The number of aryl methyl sites for hydroxylation is 1. The number of carbonyl (C=O) groups excluding carboxylic acids is 2. The normalized spacial score (nSPS) is 11.8. The molecule has 244 valence electrons. The van der Waals surface area contributed by atoms with Crippen molar-refractivity contribution in [2.75, 3.05) is 30.8 Å². The first kappa shape index (κ1) is 33.3. The van der Waals surface area contributed by atoms with Crippen molar-refractivity contribution in [3.8, 4) is 22.5 Å². The van der Waals surface area contributed by atoms with E-state index in [1.165, 1.54) is 37.4 Å². The molecule has 2 amide bonds. The van der Waals surface area contributed by atoms with Crippen LogP contribution in [0.1, 0.15) is 45.8 Å². The molecule has 12 heteroatoms. The summed E-state index contributed by atoms with van der Waals surface area (Å²) in [6, 6.07) is 19.0. The third-order valence-electron chi connectivity index (χ3n) is 7.82. The van der Waals surface area contributed by atoms with Gasteiger partial charge < -0.3 is 20.2 Å². The summed E-state index contributed by atoms with van der Waals surface area (Å²) in [5.41, 5.74) is 3.06. The first-order chi connectivity index (χ1) is 22.2. The average Bonchev–Trinajstić information content (AvgIpc) is 3.40. The average molecular weight is 659 g/mol. The van der Waals surface area contributed by atoms with Crippen molar-refractivity contribution < 1.29 is 31.9 Å². The van der Waals surface area contributed by atoms with Gasteiger partial charge in [0.25, 0.3) is 11.8 Å². The Bertz CT molecular complexity index is 2090. The monoisotopic (exact) mass is 658 g/mol. The van der Waals surface area contributed by atoms with E-state index >= 15 is 0 Å². The highest BCUT2D eigenvalue weighted by Crippen LogP contribution is 2.42. The highest BCUT2D eigenvalue weighted by atomic mass is 32.2. The first-order valence-electron chi connectivity index (χ1n) is 14.8. The second-order valence-corrected chi connectivity index (χ2v) is 13.6. The Kier molecular flexibility index (Phi) is 9.19. The number of halogens is 1. The number of nitrogens with zero attached hydrogens (tertiary/aromatic N) is 2. The van der Waals surface area contributed by atoms with E-state index in [2.05, 4.69) is 15.6 Å². The predicted octanol–water partition coefficient (Wildman–Crippen LogP) is 5.39. The number of hydrogen-bond acceptors (Lipinski definition) is 7. The van der Waals surface area contributed by atoms with Gasteiger partial charge in [0.2, 0.25) is 10.0 Å². The third kappa shape index (κ3) is 6.88. The number of fused-ring (bicyclic) bond motifs is 1. The van der Waals surface area contributed by atoms with Crippen LogP contribution in [0.5, 0.6) is 0 Å². The van der Waals surface area contributed by atoms with E-state index < -0.39 is 33.9 Å². The Hall–Kier alpha value is -5.07. The van der Waals surface area contributed by atoms with Gasteiger partial charge >= 0.3 is 0 Å². The third-order valence-corrected chi connectivity index (χ3v) is 9.00. The van der Waals surface area contributed by atoms with Gasteiger partial charge in [0, 0.05) is 47.1 Å². The molecule has 0 aliphatic rings. The molecule has 47 heavy (non-hydrogen) atoms. The summed E-state index contributed by atoms with van der Waals surface area (Å²) < 4.78 is 47.0. The molecular weight excluding hydrogens is 623 g/mol. The number of aliphatic hydroxyl groups excluding tert-OH is 1. The zero-order valence-corrected chi connectivity index (χ0v) is 27.4. The molecule has 0 bridgehead atoms. The smallest absolute Gasteiger partial charge is 0.255 e. The molecule has 0 aliphatic heterocycles. The maximum Gasteiger partial charge on any atom is 0.255 e. The van der Waals surface area contributed by atoms with Crippen molar-refractivity contribution in [1.82, 2.24) is 15.6 Å². The zero-order chi connectivity index (χ0) is 34.1. The number of amides is 2. The molecule has 0 saturated carbocycles. The van der Waals surface area contributed by atoms with Gasteiger partial charge in [-0.25, -0.2) is 12.8 Å². The number of nitrogens with one attached hydrogen (secondary N) is 2. The molecule has 0 radical (unpaired) electrons. The quantitative estimate of drug-likeness (QED) is 0.183. The molecule has 3 aromatic carbocycles. The lowest BCUT2D eigenvalue weighted by atomic mass is 9.93. The van der Waals surface area contributed by atoms with Crippen molar-refractivity contribution >= 4 is 38.5 Å². The lowest BCUT2D eigenvalue weighted by molar-refractivity contribution is 0.0910. The van der Waals surface area contributed by atoms with Crippen LogP contribution in [0.2, 0.25) is 0 Å². The van der Waals surface area contributed by atoms with E-state index in [0.717, 1.165) is 21.8 Å². The minimum absolute atomic E-state index is 0.164. The van der Waals surface area contributed by atoms with Crippen LogP contribution in [0.4, 0.5) is 10.1 Å². The molecule has 0 aliphatic carbocycles. The van der Waals surface area contributed by atoms with E-state index in [4.69, 9.17) is 4.42 Å². The van der Waals surface area contributed by atoms with Gasteiger partial charge in [0.1, 0.15) is 17.2 Å². The largest absolute Gasteiger partial charge is 0.455 e. The number of pyridine rings is 1. The van der Waals surface area contributed by atoms with Crippen molar-refractivity contribution in [2.45, 2.75) is 26.3 Å². The van der Waals surface area contributed by atoms with Gasteiger partial charge in [-0.15, -0.1) is 0 Å². The Morgan fingerprint density at radius 2 is 1.72 bits per heavy atom. The predicted molar refractivity (Wildman–Crippen MR) is 179 cm³/mol. The molecule has 0 fully saturated rings. The lowest BCUT2D eigenvalue weighted by Crippen LogP contribution is -2.41. The van der Waals surface area contributed by atoms with Crippen LogP contribution in [-0.4, -0.2) is 56.8 Å². The first-order valence-corrected chi connectivity index (χ1v) is 16.6. The molecule has 0 saturated heterocycles. The molecule has 2 heterocycles. The molecular formula is C35H35FN4O6S. The van der Waals surface area contributed by atoms with Crippen LogP contribution in [0.3, 0.4) is 0 Å².